The normalized spacial score (nSPS) is 10.1. The first-order valence-corrected chi connectivity index (χ1v) is 6.84. The van der Waals surface area contributed by atoms with Crippen LogP contribution in [0.2, 0.25) is 0 Å². The quantitative estimate of drug-likeness (QED) is 0.831. The second kappa shape index (κ2) is 6.11. The number of hydrogen-bond donors (Lipinski definition) is 2. The van der Waals surface area contributed by atoms with E-state index in [1.54, 1.807) is 24.3 Å². The molecule has 3 nitrogen and oxygen atoms in total. The number of thiocarbonyl (C=S) groups is 1. The molecule has 0 saturated carbocycles. The Balaban J connectivity index is 2.26. The number of amides is 1. The molecular weight excluding hydrogens is 343 g/mol. The van der Waals surface area contributed by atoms with Crippen molar-refractivity contribution in [2.75, 3.05) is 5.32 Å². The summed E-state index contributed by atoms with van der Waals surface area (Å²) in [5, 5.41) is 2.62. The Hall–Kier alpha value is -1.79. The highest BCUT2D eigenvalue weighted by Gasteiger charge is 2.10. The molecule has 0 aliphatic carbocycles. The first kappa shape index (κ1) is 14.6. The second-order valence-corrected chi connectivity index (χ2v) is 5.32. The Labute approximate surface area is 129 Å². The Morgan fingerprint density at radius 3 is 2.60 bits per heavy atom. The predicted octanol–water partition coefficient (Wildman–Crippen LogP) is 3.47. The Morgan fingerprint density at radius 2 is 1.90 bits per heavy atom. The van der Waals surface area contributed by atoms with Crippen molar-refractivity contribution >= 4 is 44.7 Å². The highest BCUT2D eigenvalue weighted by Crippen LogP contribution is 2.23. The zero-order valence-electron chi connectivity index (χ0n) is 10.2. The topological polar surface area (TPSA) is 55.1 Å². The van der Waals surface area contributed by atoms with Crippen LogP contribution >= 0.6 is 28.1 Å². The fourth-order valence-electron chi connectivity index (χ4n) is 1.60. The maximum atomic E-state index is 13.2. The molecule has 0 aromatic heterocycles. The summed E-state index contributed by atoms with van der Waals surface area (Å²) in [5.74, 6) is -0.796. The number of nitrogens with two attached hydrogens (primary N) is 1. The molecule has 0 bridgehead atoms. The van der Waals surface area contributed by atoms with Crippen LogP contribution in [0.25, 0.3) is 0 Å². The Morgan fingerprint density at radius 1 is 1.20 bits per heavy atom. The summed E-state index contributed by atoms with van der Waals surface area (Å²) in [6, 6.07) is 10.7. The fourth-order valence-corrected chi connectivity index (χ4v) is 2.07. The van der Waals surface area contributed by atoms with Crippen molar-refractivity contribution in [2.24, 2.45) is 5.73 Å². The molecule has 0 atom stereocenters. The van der Waals surface area contributed by atoms with Crippen LogP contribution in [-0.2, 0) is 0 Å². The first-order chi connectivity index (χ1) is 9.47. The molecule has 0 spiro atoms. The van der Waals surface area contributed by atoms with Gasteiger partial charge in [0.15, 0.2) is 0 Å². The highest BCUT2D eigenvalue weighted by molar-refractivity contribution is 9.10. The van der Waals surface area contributed by atoms with Gasteiger partial charge in [-0.05, 0) is 46.3 Å². The lowest BCUT2D eigenvalue weighted by atomic mass is 10.1. The molecule has 2 rings (SSSR count). The molecule has 0 radical (unpaired) electrons. The second-order valence-electron chi connectivity index (χ2n) is 4.02. The third kappa shape index (κ3) is 3.40. The molecule has 0 heterocycles. The van der Waals surface area contributed by atoms with Gasteiger partial charge >= 0.3 is 0 Å². The van der Waals surface area contributed by atoms with Crippen LogP contribution in [0.4, 0.5) is 10.1 Å². The lowest BCUT2D eigenvalue weighted by Gasteiger charge is -2.08. The van der Waals surface area contributed by atoms with Gasteiger partial charge in [0, 0.05) is 15.6 Å². The van der Waals surface area contributed by atoms with Gasteiger partial charge < -0.3 is 11.1 Å². The number of carbonyl (C=O) groups excluding carboxylic acids is 1. The number of halogens is 2. The van der Waals surface area contributed by atoms with E-state index in [2.05, 4.69) is 21.2 Å². The van der Waals surface area contributed by atoms with E-state index in [4.69, 9.17) is 18.0 Å². The monoisotopic (exact) mass is 352 g/mol. The lowest BCUT2D eigenvalue weighted by Crippen LogP contribution is -2.15. The van der Waals surface area contributed by atoms with Crippen LogP contribution in [0.5, 0.6) is 0 Å². The van der Waals surface area contributed by atoms with E-state index in [0.29, 0.717) is 21.3 Å². The molecule has 1 amide bonds. The minimum absolute atomic E-state index is 0.214. The molecule has 0 aliphatic heterocycles. The smallest absolute Gasteiger partial charge is 0.255 e. The van der Waals surface area contributed by atoms with E-state index in [1.807, 2.05) is 0 Å². The molecule has 20 heavy (non-hydrogen) atoms. The van der Waals surface area contributed by atoms with Crippen LogP contribution in [-0.4, -0.2) is 10.9 Å². The molecular formula is C14H10BrFN2OS. The minimum atomic E-state index is -0.430. The Bertz CT molecular complexity index is 691. The van der Waals surface area contributed by atoms with Crippen molar-refractivity contribution in [3.05, 3.63) is 63.9 Å². The number of rotatable bonds is 3. The van der Waals surface area contributed by atoms with Gasteiger partial charge in [-0.2, -0.15) is 0 Å². The van der Waals surface area contributed by atoms with E-state index in [0.717, 1.165) is 0 Å². The van der Waals surface area contributed by atoms with E-state index in [1.165, 1.54) is 18.2 Å². The standard InChI is InChI=1S/C14H10BrFN2OS/c15-11-5-4-10(16)7-12(11)18-14(19)9-3-1-2-8(6-9)13(17)20/h1-7H,(H2,17,20)(H,18,19). The van der Waals surface area contributed by atoms with Crippen molar-refractivity contribution in [1.29, 1.82) is 0 Å². The third-order valence-corrected chi connectivity index (χ3v) is 3.51. The maximum absolute atomic E-state index is 13.2. The third-order valence-electron chi connectivity index (χ3n) is 2.59. The number of hydrogen-bond acceptors (Lipinski definition) is 2. The summed E-state index contributed by atoms with van der Waals surface area (Å²) in [6.45, 7) is 0. The largest absolute Gasteiger partial charge is 0.389 e. The lowest BCUT2D eigenvalue weighted by molar-refractivity contribution is 0.102. The molecule has 2 aromatic carbocycles. The van der Waals surface area contributed by atoms with Crippen LogP contribution < -0.4 is 11.1 Å². The zero-order chi connectivity index (χ0) is 14.7. The molecule has 0 unspecified atom stereocenters. The van der Waals surface area contributed by atoms with Crippen LogP contribution in [0.15, 0.2) is 46.9 Å². The average Bonchev–Trinajstić information content (AvgIpc) is 2.43. The number of carbonyl (C=O) groups is 1. The average molecular weight is 353 g/mol. The summed E-state index contributed by atoms with van der Waals surface area (Å²) >= 11 is 8.11. The molecule has 6 heteroatoms. The van der Waals surface area contributed by atoms with Crippen LogP contribution in [0.1, 0.15) is 15.9 Å². The number of nitrogens with one attached hydrogen (secondary N) is 1. The Kier molecular flexibility index (Phi) is 4.46. The fraction of sp³-hybridized carbons (Fsp3) is 0. The predicted molar refractivity (Wildman–Crippen MR) is 84.4 cm³/mol. The summed E-state index contributed by atoms with van der Waals surface area (Å²) in [4.78, 5) is 12.3. The summed E-state index contributed by atoms with van der Waals surface area (Å²) in [5.41, 5.74) is 6.88. The number of benzene rings is 2. The molecule has 0 saturated heterocycles. The minimum Gasteiger partial charge on any atom is -0.389 e. The number of anilines is 1. The van der Waals surface area contributed by atoms with Crippen molar-refractivity contribution in [3.63, 3.8) is 0 Å². The van der Waals surface area contributed by atoms with Crippen LogP contribution in [0, 0.1) is 5.82 Å². The molecule has 102 valence electrons. The summed E-state index contributed by atoms with van der Waals surface area (Å²) < 4.78 is 13.8. The van der Waals surface area contributed by atoms with Gasteiger partial charge in [0.2, 0.25) is 0 Å². The van der Waals surface area contributed by atoms with Crippen molar-refractivity contribution < 1.29 is 9.18 Å². The molecule has 0 fully saturated rings. The van der Waals surface area contributed by atoms with Gasteiger partial charge in [-0.3, -0.25) is 4.79 Å². The van der Waals surface area contributed by atoms with Gasteiger partial charge in [0.25, 0.3) is 5.91 Å². The van der Waals surface area contributed by atoms with Gasteiger partial charge in [0.05, 0.1) is 5.69 Å². The van der Waals surface area contributed by atoms with E-state index in [9.17, 15) is 9.18 Å². The molecule has 2 aromatic rings. The van der Waals surface area contributed by atoms with E-state index < -0.39 is 5.82 Å². The van der Waals surface area contributed by atoms with Crippen molar-refractivity contribution in [3.8, 4) is 0 Å². The van der Waals surface area contributed by atoms with Gasteiger partial charge in [-0.25, -0.2) is 4.39 Å². The van der Waals surface area contributed by atoms with Crippen molar-refractivity contribution in [2.45, 2.75) is 0 Å². The highest BCUT2D eigenvalue weighted by atomic mass is 79.9. The van der Waals surface area contributed by atoms with Gasteiger partial charge in [-0.15, -0.1) is 0 Å². The van der Waals surface area contributed by atoms with E-state index >= 15 is 0 Å². The van der Waals surface area contributed by atoms with Crippen molar-refractivity contribution in [1.82, 2.24) is 0 Å². The summed E-state index contributed by atoms with van der Waals surface area (Å²) in [6.07, 6.45) is 0. The SMILES string of the molecule is NC(=S)c1cccc(C(=O)Nc2cc(F)ccc2Br)c1. The summed E-state index contributed by atoms with van der Waals surface area (Å²) in [7, 11) is 0. The van der Waals surface area contributed by atoms with E-state index in [-0.39, 0.29) is 10.9 Å². The van der Waals surface area contributed by atoms with Gasteiger partial charge in [0.1, 0.15) is 10.8 Å². The molecule has 3 N–H and O–H groups in total. The molecule has 0 aliphatic rings. The first-order valence-electron chi connectivity index (χ1n) is 5.63. The maximum Gasteiger partial charge on any atom is 0.255 e. The zero-order valence-corrected chi connectivity index (χ0v) is 12.6. The van der Waals surface area contributed by atoms with Gasteiger partial charge in [-0.1, -0.05) is 24.4 Å². The van der Waals surface area contributed by atoms with Crippen LogP contribution in [0.3, 0.4) is 0 Å².